The predicted octanol–water partition coefficient (Wildman–Crippen LogP) is 2.89. The van der Waals surface area contributed by atoms with Crippen molar-refractivity contribution in [1.82, 2.24) is 19.8 Å². The van der Waals surface area contributed by atoms with Crippen LogP contribution in [0.25, 0.3) is 10.7 Å². The molecule has 0 unspecified atom stereocenters. The van der Waals surface area contributed by atoms with Gasteiger partial charge < -0.3 is 14.4 Å². The summed E-state index contributed by atoms with van der Waals surface area (Å²) in [7, 11) is 0. The Morgan fingerprint density at radius 2 is 1.93 bits per heavy atom. The molecule has 0 aliphatic carbocycles. The third kappa shape index (κ3) is 3.81. The number of piperazine rings is 1. The van der Waals surface area contributed by atoms with Gasteiger partial charge in [-0.1, -0.05) is 12.1 Å². The molecule has 148 valence electrons. The number of fused-ring (bicyclic) bond motifs is 1. The molecule has 1 aromatic carbocycles. The van der Waals surface area contributed by atoms with Crippen molar-refractivity contribution in [2.45, 2.75) is 6.54 Å². The minimum absolute atomic E-state index is 0.00818. The first-order chi connectivity index (χ1) is 14.3. The zero-order valence-corrected chi connectivity index (χ0v) is 16.6. The van der Waals surface area contributed by atoms with Gasteiger partial charge in [0.2, 0.25) is 6.79 Å². The maximum absolute atomic E-state index is 12.8. The fourth-order valence-electron chi connectivity index (χ4n) is 3.55. The number of pyridine rings is 1. The van der Waals surface area contributed by atoms with Gasteiger partial charge in [0.25, 0.3) is 5.91 Å². The standard InChI is InChI=1S/C21H20N4O3S/c26-21(17-13-29-20(23-17)16-3-1-2-6-22-16)25-9-7-24(8-10-25)12-15-4-5-18-19(11-15)28-14-27-18/h1-6,11,13H,7-10,12,14H2. The number of thiazole rings is 1. The molecule has 0 atom stereocenters. The van der Waals surface area contributed by atoms with Gasteiger partial charge in [0.15, 0.2) is 11.5 Å². The highest BCUT2D eigenvalue weighted by molar-refractivity contribution is 7.13. The summed E-state index contributed by atoms with van der Waals surface area (Å²) in [5.41, 5.74) is 2.48. The van der Waals surface area contributed by atoms with E-state index in [1.165, 1.54) is 16.9 Å². The predicted molar refractivity (Wildman–Crippen MR) is 109 cm³/mol. The second-order valence-corrected chi connectivity index (χ2v) is 7.87. The minimum atomic E-state index is -0.00818. The molecule has 29 heavy (non-hydrogen) atoms. The summed E-state index contributed by atoms with van der Waals surface area (Å²) in [6, 6.07) is 11.8. The Labute approximate surface area is 172 Å². The van der Waals surface area contributed by atoms with E-state index in [0.717, 1.165) is 41.8 Å². The van der Waals surface area contributed by atoms with E-state index in [0.29, 0.717) is 18.8 Å². The van der Waals surface area contributed by atoms with Gasteiger partial charge in [-0.15, -0.1) is 11.3 Å². The molecule has 2 aliphatic rings. The van der Waals surface area contributed by atoms with Crippen molar-refractivity contribution in [3.63, 3.8) is 0 Å². The minimum Gasteiger partial charge on any atom is -0.454 e. The Hall–Kier alpha value is -2.97. The van der Waals surface area contributed by atoms with Gasteiger partial charge in [-0.25, -0.2) is 4.98 Å². The zero-order chi connectivity index (χ0) is 19.6. The number of carbonyl (C=O) groups is 1. The molecule has 8 heteroatoms. The second-order valence-electron chi connectivity index (χ2n) is 7.01. The number of amides is 1. The second kappa shape index (κ2) is 7.81. The van der Waals surface area contributed by atoms with Gasteiger partial charge in [0, 0.05) is 44.3 Å². The van der Waals surface area contributed by atoms with Gasteiger partial charge in [-0.05, 0) is 29.8 Å². The summed E-state index contributed by atoms with van der Waals surface area (Å²) in [5, 5.41) is 2.60. The number of nitrogens with zero attached hydrogens (tertiary/aromatic N) is 4. The Morgan fingerprint density at radius 3 is 2.76 bits per heavy atom. The molecule has 0 radical (unpaired) electrons. The highest BCUT2D eigenvalue weighted by Gasteiger charge is 2.24. The number of carbonyl (C=O) groups excluding carboxylic acids is 1. The van der Waals surface area contributed by atoms with E-state index in [1.54, 1.807) is 6.20 Å². The third-order valence-corrected chi connectivity index (χ3v) is 5.97. The third-order valence-electron chi connectivity index (χ3n) is 5.11. The summed E-state index contributed by atoms with van der Waals surface area (Å²) in [4.78, 5) is 25.9. The van der Waals surface area contributed by atoms with E-state index in [-0.39, 0.29) is 12.7 Å². The number of hydrogen-bond acceptors (Lipinski definition) is 7. The lowest BCUT2D eigenvalue weighted by atomic mass is 10.1. The smallest absolute Gasteiger partial charge is 0.273 e. The molecule has 2 aromatic heterocycles. The average molecular weight is 408 g/mol. The molecule has 0 spiro atoms. The van der Waals surface area contributed by atoms with Crippen molar-refractivity contribution in [2.75, 3.05) is 33.0 Å². The van der Waals surface area contributed by atoms with E-state index in [2.05, 4.69) is 20.9 Å². The van der Waals surface area contributed by atoms with Crippen LogP contribution in [-0.4, -0.2) is 58.6 Å². The maximum Gasteiger partial charge on any atom is 0.273 e. The molecule has 1 saturated heterocycles. The van der Waals surface area contributed by atoms with Gasteiger partial charge in [0.05, 0.1) is 5.69 Å². The van der Waals surface area contributed by atoms with E-state index >= 15 is 0 Å². The summed E-state index contributed by atoms with van der Waals surface area (Å²) in [6.07, 6.45) is 1.73. The largest absolute Gasteiger partial charge is 0.454 e. The van der Waals surface area contributed by atoms with Crippen LogP contribution in [0, 0.1) is 0 Å². The molecule has 0 saturated carbocycles. The number of rotatable bonds is 4. The SMILES string of the molecule is O=C(c1csc(-c2ccccn2)n1)N1CCN(Cc2ccc3c(c2)OCO3)CC1. The summed E-state index contributed by atoms with van der Waals surface area (Å²) < 4.78 is 10.8. The molecule has 0 bridgehead atoms. The molecule has 2 aliphatic heterocycles. The van der Waals surface area contributed by atoms with Gasteiger partial charge in [-0.2, -0.15) is 0 Å². The van der Waals surface area contributed by atoms with Crippen molar-refractivity contribution in [1.29, 1.82) is 0 Å². The number of benzene rings is 1. The molecular formula is C21H20N4O3S. The lowest BCUT2D eigenvalue weighted by molar-refractivity contribution is 0.0623. The van der Waals surface area contributed by atoms with Crippen molar-refractivity contribution >= 4 is 17.2 Å². The number of hydrogen-bond donors (Lipinski definition) is 0. The zero-order valence-electron chi connectivity index (χ0n) is 15.8. The first-order valence-electron chi connectivity index (χ1n) is 9.53. The molecule has 3 aromatic rings. The van der Waals surface area contributed by atoms with Crippen LogP contribution < -0.4 is 9.47 Å². The fraction of sp³-hybridized carbons (Fsp3) is 0.286. The quantitative estimate of drug-likeness (QED) is 0.661. The van der Waals surface area contributed by atoms with Gasteiger partial charge >= 0.3 is 0 Å². The first kappa shape index (κ1) is 18.1. The summed E-state index contributed by atoms with van der Waals surface area (Å²) in [6.45, 7) is 4.17. The van der Waals surface area contributed by atoms with Crippen LogP contribution in [0.5, 0.6) is 11.5 Å². The lowest BCUT2D eigenvalue weighted by Crippen LogP contribution is -2.48. The molecule has 0 N–H and O–H groups in total. The van der Waals surface area contributed by atoms with Gasteiger partial charge in [0.1, 0.15) is 10.7 Å². The monoisotopic (exact) mass is 408 g/mol. The van der Waals surface area contributed by atoms with Crippen LogP contribution in [0.3, 0.4) is 0 Å². The van der Waals surface area contributed by atoms with E-state index in [4.69, 9.17) is 9.47 Å². The van der Waals surface area contributed by atoms with Crippen LogP contribution >= 0.6 is 11.3 Å². The van der Waals surface area contributed by atoms with Crippen LogP contribution in [0.15, 0.2) is 48.0 Å². The Morgan fingerprint density at radius 1 is 1.07 bits per heavy atom. The molecule has 7 nitrogen and oxygen atoms in total. The number of aromatic nitrogens is 2. The Balaban J connectivity index is 1.18. The average Bonchev–Trinajstić information content (AvgIpc) is 3.44. The molecule has 1 amide bonds. The van der Waals surface area contributed by atoms with Gasteiger partial charge in [-0.3, -0.25) is 14.7 Å². The molecule has 1 fully saturated rings. The summed E-state index contributed by atoms with van der Waals surface area (Å²) >= 11 is 1.45. The Bertz CT molecular complexity index is 1020. The highest BCUT2D eigenvalue weighted by atomic mass is 32.1. The molecular weight excluding hydrogens is 388 g/mol. The van der Waals surface area contributed by atoms with E-state index in [1.807, 2.05) is 40.6 Å². The normalized spacial score (nSPS) is 16.2. The highest BCUT2D eigenvalue weighted by Crippen LogP contribution is 2.33. The first-order valence-corrected chi connectivity index (χ1v) is 10.4. The van der Waals surface area contributed by atoms with Crippen LogP contribution in [0.2, 0.25) is 0 Å². The van der Waals surface area contributed by atoms with Crippen molar-refractivity contribution in [3.8, 4) is 22.2 Å². The lowest BCUT2D eigenvalue weighted by Gasteiger charge is -2.34. The van der Waals surface area contributed by atoms with Crippen LogP contribution in [0.4, 0.5) is 0 Å². The van der Waals surface area contributed by atoms with Crippen LogP contribution in [-0.2, 0) is 6.54 Å². The Kier molecular flexibility index (Phi) is 4.87. The molecule has 5 rings (SSSR count). The number of ether oxygens (including phenoxy) is 2. The van der Waals surface area contributed by atoms with Crippen molar-refractivity contribution in [3.05, 3.63) is 59.2 Å². The maximum atomic E-state index is 12.8. The topological polar surface area (TPSA) is 67.8 Å². The fourth-order valence-corrected chi connectivity index (χ4v) is 4.32. The van der Waals surface area contributed by atoms with Crippen LogP contribution in [0.1, 0.15) is 16.1 Å². The summed E-state index contributed by atoms with van der Waals surface area (Å²) in [5.74, 6) is 1.60. The van der Waals surface area contributed by atoms with Crippen molar-refractivity contribution in [2.24, 2.45) is 0 Å². The molecule has 4 heterocycles. The van der Waals surface area contributed by atoms with E-state index in [9.17, 15) is 4.79 Å². The van der Waals surface area contributed by atoms with Crippen molar-refractivity contribution < 1.29 is 14.3 Å². The van der Waals surface area contributed by atoms with E-state index < -0.39 is 0 Å².